The van der Waals surface area contributed by atoms with E-state index in [2.05, 4.69) is 31.3 Å². The van der Waals surface area contributed by atoms with Crippen LogP contribution in [0.15, 0.2) is 12.2 Å². The first kappa shape index (κ1) is 63.6. The van der Waals surface area contributed by atoms with Gasteiger partial charge in [-0.05, 0) is 51.4 Å². The smallest absolute Gasteiger partial charge is 0.305 e. The molecule has 0 aliphatic heterocycles. The predicted molar refractivity (Wildman–Crippen MR) is 283 cm³/mol. The Kier molecular flexibility index (Phi) is 54.0. The standard InChI is InChI=1S/C59H115NO5/c1-3-5-7-9-11-13-15-17-18-19-20-21-22-23-24-25-26-27-28-29-31-35-39-43-47-51-57(62)56(55-61)60-58(63)52-48-44-40-36-32-30-34-38-42-46-50-54-65-59(64)53-49-45-41-37-33-16-14-12-10-8-6-4-2/h12,14,56-57,61-62H,3-11,13,15-55H2,1-2H3,(H,60,63)/b14-12-. The third-order valence-electron chi connectivity index (χ3n) is 13.8. The zero-order valence-electron chi connectivity index (χ0n) is 44.0. The van der Waals surface area contributed by atoms with Gasteiger partial charge in [0.25, 0.3) is 0 Å². The second-order valence-electron chi connectivity index (χ2n) is 20.3. The first-order valence-corrected chi connectivity index (χ1v) is 29.4. The molecule has 0 radical (unpaired) electrons. The summed E-state index contributed by atoms with van der Waals surface area (Å²) < 4.78 is 5.45. The lowest BCUT2D eigenvalue weighted by Gasteiger charge is -2.22. The van der Waals surface area contributed by atoms with Gasteiger partial charge in [-0.15, -0.1) is 0 Å². The lowest BCUT2D eigenvalue weighted by Crippen LogP contribution is -2.45. The summed E-state index contributed by atoms with van der Waals surface area (Å²) in [5, 5.41) is 23.4. The average molecular weight is 919 g/mol. The van der Waals surface area contributed by atoms with E-state index < -0.39 is 12.1 Å². The van der Waals surface area contributed by atoms with Crippen LogP contribution in [0.5, 0.6) is 0 Å². The Morgan fingerprint density at radius 3 is 1.12 bits per heavy atom. The van der Waals surface area contributed by atoms with E-state index in [1.165, 1.54) is 238 Å². The Bertz CT molecular complexity index is 970. The highest BCUT2D eigenvalue weighted by Gasteiger charge is 2.20. The van der Waals surface area contributed by atoms with E-state index in [-0.39, 0.29) is 18.5 Å². The van der Waals surface area contributed by atoms with E-state index in [0.717, 1.165) is 57.8 Å². The second-order valence-corrected chi connectivity index (χ2v) is 20.3. The second kappa shape index (κ2) is 55.2. The Labute approximate surface area is 406 Å². The lowest BCUT2D eigenvalue weighted by molar-refractivity contribution is -0.143. The number of aliphatic hydroxyl groups excluding tert-OH is 2. The number of rotatable bonds is 55. The summed E-state index contributed by atoms with van der Waals surface area (Å²) in [5.41, 5.74) is 0. The molecular formula is C59H115NO5. The molecule has 6 nitrogen and oxygen atoms in total. The van der Waals surface area contributed by atoms with Crippen LogP contribution in [0.2, 0.25) is 0 Å². The third-order valence-corrected chi connectivity index (χ3v) is 13.8. The number of hydrogen-bond donors (Lipinski definition) is 3. The monoisotopic (exact) mass is 918 g/mol. The first-order chi connectivity index (χ1) is 32.0. The van der Waals surface area contributed by atoms with Crippen LogP contribution in [0.25, 0.3) is 0 Å². The van der Waals surface area contributed by atoms with Gasteiger partial charge in [0.1, 0.15) is 0 Å². The summed E-state index contributed by atoms with van der Waals surface area (Å²) in [5.74, 6) is -0.0729. The van der Waals surface area contributed by atoms with Gasteiger partial charge in [0.05, 0.1) is 25.4 Å². The molecule has 2 unspecified atom stereocenters. The van der Waals surface area contributed by atoms with Crippen molar-refractivity contribution in [2.45, 2.75) is 341 Å². The zero-order chi connectivity index (χ0) is 47.2. The highest BCUT2D eigenvalue weighted by atomic mass is 16.5. The number of nitrogens with one attached hydrogen (secondary N) is 1. The Morgan fingerprint density at radius 2 is 0.723 bits per heavy atom. The molecule has 0 aliphatic rings. The number of ether oxygens (including phenoxy) is 1. The van der Waals surface area contributed by atoms with Crippen molar-refractivity contribution in [2.24, 2.45) is 0 Å². The normalized spacial score (nSPS) is 12.6. The van der Waals surface area contributed by atoms with Gasteiger partial charge < -0.3 is 20.3 Å². The fourth-order valence-electron chi connectivity index (χ4n) is 9.28. The van der Waals surface area contributed by atoms with Crippen molar-refractivity contribution in [2.75, 3.05) is 13.2 Å². The van der Waals surface area contributed by atoms with Crippen molar-refractivity contribution in [1.82, 2.24) is 5.32 Å². The van der Waals surface area contributed by atoms with Crippen molar-refractivity contribution in [3.05, 3.63) is 12.2 Å². The van der Waals surface area contributed by atoms with Gasteiger partial charge in [-0.1, -0.05) is 276 Å². The highest BCUT2D eigenvalue weighted by Crippen LogP contribution is 2.18. The topological polar surface area (TPSA) is 95.9 Å². The quantitative estimate of drug-likeness (QED) is 0.0321. The fraction of sp³-hybridized carbons (Fsp3) is 0.932. The maximum atomic E-state index is 12.5. The van der Waals surface area contributed by atoms with Crippen molar-refractivity contribution in [3.63, 3.8) is 0 Å². The minimum atomic E-state index is -0.677. The van der Waals surface area contributed by atoms with E-state index in [1.54, 1.807) is 0 Å². The van der Waals surface area contributed by atoms with Gasteiger partial charge in [0.15, 0.2) is 0 Å². The molecule has 1 amide bonds. The number of allylic oxidation sites excluding steroid dienone is 2. The van der Waals surface area contributed by atoms with E-state index >= 15 is 0 Å². The van der Waals surface area contributed by atoms with Crippen molar-refractivity contribution < 1.29 is 24.5 Å². The van der Waals surface area contributed by atoms with Gasteiger partial charge in [-0.3, -0.25) is 9.59 Å². The van der Waals surface area contributed by atoms with Crippen LogP contribution in [0.1, 0.15) is 328 Å². The number of carbonyl (C=O) groups is 2. The molecule has 0 heterocycles. The van der Waals surface area contributed by atoms with Crippen LogP contribution < -0.4 is 5.32 Å². The van der Waals surface area contributed by atoms with Crippen LogP contribution in [0.3, 0.4) is 0 Å². The van der Waals surface area contributed by atoms with E-state index in [9.17, 15) is 19.8 Å². The fourth-order valence-corrected chi connectivity index (χ4v) is 9.28. The van der Waals surface area contributed by atoms with Gasteiger partial charge in [0.2, 0.25) is 5.91 Å². The summed E-state index contributed by atoms with van der Waals surface area (Å²) in [7, 11) is 0. The van der Waals surface area contributed by atoms with Gasteiger partial charge in [-0.2, -0.15) is 0 Å². The molecule has 0 aromatic rings. The molecule has 0 bridgehead atoms. The summed E-state index contributed by atoms with van der Waals surface area (Å²) in [6, 6.07) is -0.556. The summed E-state index contributed by atoms with van der Waals surface area (Å²) in [4.78, 5) is 24.5. The molecule has 0 spiro atoms. The zero-order valence-corrected chi connectivity index (χ0v) is 44.0. The van der Waals surface area contributed by atoms with E-state index in [4.69, 9.17) is 4.74 Å². The lowest BCUT2D eigenvalue weighted by atomic mass is 10.0. The van der Waals surface area contributed by atoms with Crippen molar-refractivity contribution in [1.29, 1.82) is 0 Å². The molecule has 386 valence electrons. The molecule has 2 atom stereocenters. The molecule has 0 aromatic heterocycles. The molecule has 6 heteroatoms. The maximum absolute atomic E-state index is 12.5. The van der Waals surface area contributed by atoms with Crippen LogP contribution in [-0.2, 0) is 14.3 Å². The van der Waals surface area contributed by atoms with E-state index in [1.807, 2.05) is 0 Å². The molecular weight excluding hydrogens is 803 g/mol. The Hall–Kier alpha value is -1.40. The summed E-state index contributed by atoms with van der Waals surface area (Å²) in [6.45, 7) is 4.91. The largest absolute Gasteiger partial charge is 0.466 e. The third kappa shape index (κ3) is 51.8. The van der Waals surface area contributed by atoms with Crippen LogP contribution in [0.4, 0.5) is 0 Å². The molecule has 0 saturated carbocycles. The summed E-state index contributed by atoms with van der Waals surface area (Å²) >= 11 is 0. The molecule has 0 rings (SSSR count). The van der Waals surface area contributed by atoms with Crippen LogP contribution >= 0.6 is 0 Å². The number of amides is 1. The van der Waals surface area contributed by atoms with Crippen LogP contribution in [-0.4, -0.2) is 47.4 Å². The average Bonchev–Trinajstić information content (AvgIpc) is 3.31. The predicted octanol–water partition coefficient (Wildman–Crippen LogP) is 18.1. The molecule has 0 aromatic carbocycles. The first-order valence-electron chi connectivity index (χ1n) is 29.4. The minimum absolute atomic E-state index is 0.0224. The highest BCUT2D eigenvalue weighted by molar-refractivity contribution is 5.76. The molecule has 0 fully saturated rings. The molecule has 0 aliphatic carbocycles. The minimum Gasteiger partial charge on any atom is -0.466 e. The van der Waals surface area contributed by atoms with Gasteiger partial charge >= 0.3 is 5.97 Å². The molecule has 3 N–H and O–H groups in total. The van der Waals surface area contributed by atoms with Gasteiger partial charge in [0, 0.05) is 12.8 Å². The van der Waals surface area contributed by atoms with Crippen molar-refractivity contribution >= 4 is 11.9 Å². The summed E-state index contributed by atoms with van der Waals surface area (Å²) in [6.07, 6.45) is 64.9. The van der Waals surface area contributed by atoms with Gasteiger partial charge in [-0.25, -0.2) is 0 Å². The molecule has 0 saturated heterocycles. The Balaban J connectivity index is 3.45. The van der Waals surface area contributed by atoms with E-state index in [0.29, 0.717) is 25.9 Å². The number of carbonyl (C=O) groups excluding carboxylic acids is 2. The van der Waals surface area contributed by atoms with Crippen molar-refractivity contribution in [3.8, 4) is 0 Å². The maximum Gasteiger partial charge on any atom is 0.305 e. The SMILES string of the molecule is CCCCC/C=C\CCCCCCCC(=O)OCCCCCCCCCCCCCC(=O)NC(CO)C(O)CCCCCCCCCCCCCCCCCCCCCCCCCCC. The van der Waals surface area contributed by atoms with Crippen LogP contribution in [0, 0.1) is 0 Å². The Morgan fingerprint density at radius 1 is 0.415 bits per heavy atom. The number of unbranched alkanes of at least 4 members (excludes halogenated alkanes) is 42. The number of esters is 1. The molecule has 65 heavy (non-hydrogen) atoms. The number of hydrogen-bond acceptors (Lipinski definition) is 5. The number of aliphatic hydroxyl groups is 2.